The molecule has 0 bridgehead atoms. The number of anilines is 1. The Hall–Kier alpha value is -1.19. The van der Waals surface area contributed by atoms with Crippen LogP contribution in [0.1, 0.15) is 32.6 Å². The summed E-state index contributed by atoms with van der Waals surface area (Å²) in [7, 11) is -3.57. The highest BCUT2D eigenvalue weighted by atomic mass is 35.5. The first-order valence-electron chi connectivity index (χ1n) is 8.22. The maximum absolute atomic E-state index is 12.2. The number of carbonyl (C=O) groups is 1. The van der Waals surface area contributed by atoms with E-state index in [4.69, 9.17) is 10.5 Å². The summed E-state index contributed by atoms with van der Waals surface area (Å²) in [5.41, 5.74) is 5.96. The molecule has 25 heavy (non-hydrogen) atoms. The van der Waals surface area contributed by atoms with Crippen LogP contribution in [0.3, 0.4) is 0 Å². The molecular weight excluding hydrogens is 366 g/mol. The number of nitrogens with two attached hydrogens (primary N) is 1. The summed E-state index contributed by atoms with van der Waals surface area (Å²) in [5.74, 6) is -0.278. The highest BCUT2D eigenvalue weighted by Crippen LogP contribution is 2.21. The van der Waals surface area contributed by atoms with Gasteiger partial charge in [0, 0.05) is 18.8 Å². The number of carbonyl (C=O) groups excluding carboxylic acids is 1. The summed E-state index contributed by atoms with van der Waals surface area (Å²) >= 11 is 0. The number of benzene rings is 1. The summed E-state index contributed by atoms with van der Waals surface area (Å²) in [6.07, 6.45) is 2.42. The Morgan fingerprint density at radius 1 is 1.36 bits per heavy atom. The molecule has 142 valence electrons. The molecule has 0 aliphatic carbocycles. The molecule has 1 aromatic rings. The number of halogens is 1. The molecule has 1 heterocycles. The Labute approximate surface area is 155 Å². The van der Waals surface area contributed by atoms with Crippen molar-refractivity contribution in [3.63, 3.8) is 0 Å². The van der Waals surface area contributed by atoms with E-state index in [9.17, 15) is 13.2 Å². The lowest BCUT2D eigenvalue weighted by Gasteiger charge is -2.13. The van der Waals surface area contributed by atoms with Gasteiger partial charge in [0.15, 0.2) is 0 Å². The summed E-state index contributed by atoms with van der Waals surface area (Å²) in [6.45, 7) is 2.78. The normalized spacial score (nSPS) is 20.1. The van der Waals surface area contributed by atoms with E-state index in [1.807, 2.05) is 6.92 Å². The van der Waals surface area contributed by atoms with Crippen molar-refractivity contribution < 1.29 is 17.9 Å². The summed E-state index contributed by atoms with van der Waals surface area (Å²) in [4.78, 5) is 12.3. The second-order valence-corrected chi connectivity index (χ2v) is 7.60. The Bertz CT molecular complexity index is 669. The molecule has 1 fully saturated rings. The van der Waals surface area contributed by atoms with Gasteiger partial charge in [-0.05, 0) is 37.5 Å². The van der Waals surface area contributed by atoms with Gasteiger partial charge < -0.3 is 15.8 Å². The van der Waals surface area contributed by atoms with Gasteiger partial charge in [-0.15, -0.1) is 12.4 Å². The van der Waals surface area contributed by atoms with E-state index in [1.54, 1.807) is 12.1 Å². The van der Waals surface area contributed by atoms with Crippen molar-refractivity contribution in [2.75, 3.05) is 18.4 Å². The lowest BCUT2D eigenvalue weighted by molar-refractivity contribution is -0.126. The van der Waals surface area contributed by atoms with Crippen LogP contribution in [-0.2, 0) is 19.6 Å². The summed E-state index contributed by atoms with van der Waals surface area (Å²) < 4.78 is 32.5. The van der Waals surface area contributed by atoms with Crippen molar-refractivity contribution in [3.05, 3.63) is 24.3 Å². The highest BCUT2D eigenvalue weighted by Gasteiger charge is 2.30. The Morgan fingerprint density at radius 2 is 2.12 bits per heavy atom. The number of sulfonamides is 1. The smallest absolute Gasteiger partial charge is 0.253 e. The van der Waals surface area contributed by atoms with Crippen LogP contribution in [0.25, 0.3) is 0 Å². The minimum absolute atomic E-state index is 0. The van der Waals surface area contributed by atoms with E-state index >= 15 is 0 Å². The van der Waals surface area contributed by atoms with Crippen molar-refractivity contribution in [2.24, 2.45) is 5.73 Å². The van der Waals surface area contributed by atoms with E-state index in [-0.39, 0.29) is 29.3 Å². The van der Waals surface area contributed by atoms with Crippen LogP contribution < -0.4 is 15.8 Å². The number of hydrogen-bond donors (Lipinski definition) is 3. The van der Waals surface area contributed by atoms with Gasteiger partial charge in [-0.25, -0.2) is 13.1 Å². The third-order valence-electron chi connectivity index (χ3n) is 3.90. The summed E-state index contributed by atoms with van der Waals surface area (Å²) in [6, 6.07) is 6.20. The molecule has 0 saturated carbocycles. The van der Waals surface area contributed by atoms with Crippen LogP contribution in [0.2, 0.25) is 0 Å². The van der Waals surface area contributed by atoms with Gasteiger partial charge in [0.1, 0.15) is 6.10 Å². The molecule has 0 radical (unpaired) electrons. The quantitative estimate of drug-likeness (QED) is 0.583. The molecule has 2 atom stereocenters. The van der Waals surface area contributed by atoms with Gasteiger partial charge in [-0.2, -0.15) is 0 Å². The molecule has 1 saturated heterocycles. The average molecular weight is 392 g/mol. The molecule has 0 aromatic heterocycles. The molecule has 1 aliphatic rings. The van der Waals surface area contributed by atoms with Gasteiger partial charge in [0.05, 0.1) is 11.0 Å². The minimum atomic E-state index is -3.57. The summed E-state index contributed by atoms with van der Waals surface area (Å²) in [5, 5.41) is 2.71. The number of rotatable bonds is 8. The largest absolute Gasteiger partial charge is 0.364 e. The van der Waals surface area contributed by atoms with E-state index in [0.29, 0.717) is 25.2 Å². The molecule has 0 spiro atoms. The molecule has 0 unspecified atom stereocenters. The van der Waals surface area contributed by atoms with Crippen LogP contribution in [0.4, 0.5) is 5.69 Å². The Morgan fingerprint density at radius 3 is 2.76 bits per heavy atom. The number of hydrogen-bond acceptors (Lipinski definition) is 5. The number of unbranched alkanes of at least 4 members (excludes halogenated alkanes) is 1. The van der Waals surface area contributed by atoms with Gasteiger partial charge in [-0.1, -0.05) is 19.4 Å². The fourth-order valence-corrected chi connectivity index (χ4v) is 3.62. The van der Waals surface area contributed by atoms with Gasteiger partial charge in [0.2, 0.25) is 10.0 Å². The molecule has 4 N–H and O–H groups in total. The number of ether oxygens (including phenoxy) is 1. The first-order valence-corrected chi connectivity index (χ1v) is 9.70. The molecular formula is C16H26ClN3O4S. The van der Waals surface area contributed by atoms with Crippen molar-refractivity contribution in [3.8, 4) is 0 Å². The van der Waals surface area contributed by atoms with Crippen molar-refractivity contribution >= 4 is 34.0 Å². The lowest BCUT2D eigenvalue weighted by atomic mass is 10.2. The Balaban J connectivity index is 0.00000312. The first-order chi connectivity index (χ1) is 11.5. The minimum Gasteiger partial charge on any atom is -0.364 e. The molecule has 7 nitrogen and oxygen atoms in total. The zero-order valence-electron chi connectivity index (χ0n) is 14.2. The fourth-order valence-electron chi connectivity index (χ4n) is 2.50. The third-order valence-corrected chi connectivity index (χ3v) is 5.36. The number of nitrogens with one attached hydrogen (secondary N) is 2. The first kappa shape index (κ1) is 21.9. The molecule has 9 heteroatoms. The van der Waals surface area contributed by atoms with Crippen molar-refractivity contribution in [2.45, 2.75) is 49.7 Å². The SMILES string of the molecule is CCCCNS(=O)(=O)c1cccc(NC(=O)[C@@H]2CC[C@H](CN)O2)c1.Cl. The molecule has 1 amide bonds. The van der Waals surface area contributed by atoms with Crippen LogP contribution >= 0.6 is 12.4 Å². The van der Waals surface area contributed by atoms with E-state index in [1.165, 1.54) is 12.1 Å². The van der Waals surface area contributed by atoms with Gasteiger partial charge >= 0.3 is 0 Å². The van der Waals surface area contributed by atoms with Crippen LogP contribution in [0, 0.1) is 0 Å². The average Bonchev–Trinajstić information content (AvgIpc) is 3.04. The molecule has 1 aromatic carbocycles. The predicted molar refractivity (Wildman–Crippen MR) is 99.4 cm³/mol. The molecule has 1 aliphatic heterocycles. The Kier molecular flexibility index (Phi) is 8.81. The van der Waals surface area contributed by atoms with Gasteiger partial charge in [-0.3, -0.25) is 4.79 Å². The fraction of sp³-hybridized carbons (Fsp3) is 0.562. The van der Waals surface area contributed by atoms with Crippen LogP contribution in [0.15, 0.2) is 29.2 Å². The van der Waals surface area contributed by atoms with E-state index < -0.39 is 16.1 Å². The standard InChI is InChI=1S/C16H25N3O4S.ClH/c1-2-3-9-18-24(21,22)14-6-4-5-12(10-14)19-16(20)15-8-7-13(11-17)23-15;/h4-6,10,13,15,18H,2-3,7-9,11,17H2,1H3,(H,19,20);1H/t13-,15+;/m1./s1. The second-order valence-electron chi connectivity index (χ2n) is 5.83. The maximum Gasteiger partial charge on any atom is 0.253 e. The monoisotopic (exact) mass is 391 g/mol. The highest BCUT2D eigenvalue weighted by molar-refractivity contribution is 7.89. The van der Waals surface area contributed by atoms with Crippen LogP contribution in [0.5, 0.6) is 0 Å². The predicted octanol–water partition coefficient (Wildman–Crippen LogP) is 1.63. The third kappa shape index (κ3) is 6.23. The zero-order valence-corrected chi connectivity index (χ0v) is 15.9. The lowest BCUT2D eigenvalue weighted by Crippen LogP contribution is -2.30. The zero-order chi connectivity index (χ0) is 17.6. The van der Waals surface area contributed by atoms with E-state index in [0.717, 1.165) is 19.3 Å². The van der Waals surface area contributed by atoms with Gasteiger partial charge in [0.25, 0.3) is 5.91 Å². The topological polar surface area (TPSA) is 111 Å². The second kappa shape index (κ2) is 10.1. The van der Waals surface area contributed by atoms with Crippen molar-refractivity contribution in [1.82, 2.24) is 4.72 Å². The van der Waals surface area contributed by atoms with E-state index in [2.05, 4.69) is 10.0 Å². The maximum atomic E-state index is 12.2. The molecule has 2 rings (SSSR count). The number of amides is 1. The van der Waals surface area contributed by atoms with Crippen molar-refractivity contribution in [1.29, 1.82) is 0 Å². The van der Waals surface area contributed by atoms with Crippen LogP contribution in [-0.4, -0.2) is 39.6 Å².